The summed E-state index contributed by atoms with van der Waals surface area (Å²) >= 11 is 0. The number of ketones is 1. The van der Waals surface area contributed by atoms with E-state index in [1.165, 1.54) is 0 Å². The fraction of sp³-hybridized carbons (Fsp3) is 0.750. The number of primary amides is 1. The van der Waals surface area contributed by atoms with Crippen molar-refractivity contribution >= 4 is 11.7 Å². The minimum Gasteiger partial charge on any atom is -0.368 e. The van der Waals surface area contributed by atoms with Crippen molar-refractivity contribution in [2.45, 2.75) is 18.9 Å². The maximum Gasteiger partial charge on any atom is 0.235 e. The summed E-state index contributed by atoms with van der Waals surface area (Å²) < 4.78 is 0. The second-order valence-corrected chi connectivity index (χ2v) is 3.35. The summed E-state index contributed by atoms with van der Waals surface area (Å²) in [4.78, 5) is 23.5. The number of rotatable bonds is 3. The van der Waals surface area contributed by atoms with Gasteiger partial charge in [0.05, 0.1) is 6.04 Å². The summed E-state index contributed by atoms with van der Waals surface area (Å²) in [5.41, 5.74) is 10.5. The number of hydrogen-bond acceptors (Lipinski definition) is 4. The summed E-state index contributed by atoms with van der Waals surface area (Å²) in [6.45, 7) is 1.85. The van der Waals surface area contributed by atoms with E-state index in [2.05, 4.69) is 0 Å². The maximum absolute atomic E-state index is 10.9. The van der Waals surface area contributed by atoms with Crippen molar-refractivity contribution in [3.8, 4) is 0 Å². The van der Waals surface area contributed by atoms with Crippen LogP contribution in [0.3, 0.4) is 0 Å². The van der Waals surface area contributed by atoms with Gasteiger partial charge in [0.25, 0.3) is 0 Å². The van der Waals surface area contributed by atoms with Crippen LogP contribution >= 0.6 is 0 Å². The molecule has 0 aromatic carbocycles. The predicted molar refractivity (Wildman–Crippen MR) is 47.9 cm³/mol. The Balaban J connectivity index is 2.30. The molecule has 1 rings (SSSR count). The average Bonchev–Trinajstić information content (AvgIpc) is 2.08. The molecule has 5 heteroatoms. The number of nitrogens with two attached hydrogens (primary N) is 2. The van der Waals surface area contributed by atoms with Gasteiger partial charge in [-0.15, -0.1) is 0 Å². The number of piperidine rings is 1. The van der Waals surface area contributed by atoms with E-state index in [9.17, 15) is 9.59 Å². The Labute approximate surface area is 77.1 Å². The number of Topliss-reactive ketones (excluding diaryl/α,β-unsaturated/α-hetero) is 1. The summed E-state index contributed by atoms with van der Waals surface area (Å²) in [7, 11) is 0. The Kier molecular flexibility index (Phi) is 3.39. The first kappa shape index (κ1) is 10.1. The first-order valence-corrected chi connectivity index (χ1v) is 4.38. The molecule has 0 saturated carbocycles. The van der Waals surface area contributed by atoms with Gasteiger partial charge in [0.1, 0.15) is 5.78 Å². The first-order chi connectivity index (χ1) is 6.09. The van der Waals surface area contributed by atoms with Crippen LogP contribution in [0.1, 0.15) is 12.8 Å². The van der Waals surface area contributed by atoms with E-state index >= 15 is 0 Å². The molecule has 74 valence electrons. The number of hydrogen-bond donors (Lipinski definition) is 2. The van der Waals surface area contributed by atoms with E-state index < -0.39 is 11.9 Å². The first-order valence-electron chi connectivity index (χ1n) is 4.38. The molecule has 0 spiro atoms. The van der Waals surface area contributed by atoms with Gasteiger partial charge in [0.15, 0.2) is 0 Å². The van der Waals surface area contributed by atoms with Crippen molar-refractivity contribution in [2.75, 3.05) is 19.6 Å². The zero-order valence-corrected chi connectivity index (χ0v) is 7.53. The molecule has 1 aliphatic heterocycles. The highest BCUT2D eigenvalue weighted by Crippen LogP contribution is 2.05. The van der Waals surface area contributed by atoms with Gasteiger partial charge in [-0.05, 0) is 0 Å². The van der Waals surface area contributed by atoms with Crippen molar-refractivity contribution in [3.05, 3.63) is 0 Å². The third-order valence-electron chi connectivity index (χ3n) is 2.23. The lowest BCUT2D eigenvalue weighted by atomic mass is 10.1. The molecule has 0 radical (unpaired) electrons. The van der Waals surface area contributed by atoms with Crippen LogP contribution in [-0.4, -0.2) is 42.3 Å². The highest BCUT2D eigenvalue weighted by atomic mass is 16.1. The van der Waals surface area contributed by atoms with Crippen molar-refractivity contribution in [3.63, 3.8) is 0 Å². The largest absolute Gasteiger partial charge is 0.368 e. The fourth-order valence-electron chi connectivity index (χ4n) is 1.35. The molecule has 0 aromatic heterocycles. The van der Waals surface area contributed by atoms with E-state index in [0.717, 1.165) is 0 Å². The maximum atomic E-state index is 10.9. The lowest BCUT2D eigenvalue weighted by molar-refractivity contribution is -0.121. The van der Waals surface area contributed by atoms with Gasteiger partial charge in [0, 0.05) is 32.5 Å². The minimum atomic E-state index is -0.617. The lowest BCUT2D eigenvalue weighted by Crippen LogP contribution is -2.48. The minimum absolute atomic E-state index is 0.281. The molecule has 4 N–H and O–H groups in total. The third-order valence-corrected chi connectivity index (χ3v) is 2.23. The molecule has 1 saturated heterocycles. The van der Waals surface area contributed by atoms with E-state index in [1.54, 1.807) is 0 Å². The van der Waals surface area contributed by atoms with Crippen LogP contribution in [0.15, 0.2) is 0 Å². The third kappa shape index (κ3) is 3.12. The molecule has 0 bridgehead atoms. The Morgan fingerprint density at radius 2 is 2.00 bits per heavy atom. The number of nitrogens with zero attached hydrogens (tertiary/aromatic N) is 1. The number of carbonyl (C=O) groups is 2. The molecular weight excluding hydrogens is 170 g/mol. The van der Waals surface area contributed by atoms with Crippen LogP contribution in [-0.2, 0) is 9.59 Å². The molecule has 1 aliphatic rings. The van der Waals surface area contributed by atoms with E-state index in [1.807, 2.05) is 4.90 Å². The van der Waals surface area contributed by atoms with Crippen LogP contribution in [0.4, 0.5) is 0 Å². The van der Waals surface area contributed by atoms with Crippen molar-refractivity contribution < 1.29 is 9.59 Å². The van der Waals surface area contributed by atoms with Gasteiger partial charge < -0.3 is 16.4 Å². The molecule has 1 fully saturated rings. The molecule has 1 atom stereocenters. The van der Waals surface area contributed by atoms with Gasteiger partial charge in [0.2, 0.25) is 5.91 Å². The summed E-state index contributed by atoms with van der Waals surface area (Å²) in [5, 5.41) is 0. The van der Waals surface area contributed by atoms with Crippen LogP contribution < -0.4 is 11.5 Å². The molecule has 0 aromatic rings. The zero-order valence-electron chi connectivity index (χ0n) is 7.53. The van der Waals surface area contributed by atoms with Gasteiger partial charge in [-0.2, -0.15) is 0 Å². The lowest BCUT2D eigenvalue weighted by Gasteiger charge is -2.27. The molecule has 1 heterocycles. The molecule has 0 aliphatic carbocycles. The topological polar surface area (TPSA) is 89.4 Å². The van der Waals surface area contributed by atoms with Gasteiger partial charge in [-0.3, -0.25) is 9.59 Å². The van der Waals surface area contributed by atoms with Gasteiger partial charge >= 0.3 is 0 Å². The Hall–Kier alpha value is -0.940. The molecular formula is C8H15N3O2. The van der Waals surface area contributed by atoms with Gasteiger partial charge in [-0.1, -0.05) is 0 Å². The van der Waals surface area contributed by atoms with E-state index in [4.69, 9.17) is 11.5 Å². The SMILES string of the molecule is NC(=O)C(N)CN1CCC(=O)CC1. The summed E-state index contributed by atoms with van der Waals surface area (Å²) in [6, 6.07) is -0.617. The van der Waals surface area contributed by atoms with Crippen LogP contribution in [0.25, 0.3) is 0 Å². The molecule has 1 amide bonds. The van der Waals surface area contributed by atoms with Crippen molar-refractivity contribution in [1.82, 2.24) is 4.90 Å². The zero-order chi connectivity index (χ0) is 9.84. The Bertz CT molecular complexity index is 207. The highest BCUT2D eigenvalue weighted by molar-refractivity contribution is 5.80. The number of carbonyl (C=O) groups excluding carboxylic acids is 2. The van der Waals surface area contributed by atoms with Gasteiger partial charge in [-0.25, -0.2) is 0 Å². The second kappa shape index (κ2) is 4.34. The Morgan fingerprint density at radius 3 is 2.46 bits per heavy atom. The summed E-state index contributed by atoms with van der Waals surface area (Å²) in [6.07, 6.45) is 1.12. The van der Waals surface area contributed by atoms with E-state index in [-0.39, 0.29) is 5.78 Å². The quantitative estimate of drug-likeness (QED) is 0.558. The highest BCUT2D eigenvalue weighted by Gasteiger charge is 2.19. The number of likely N-dealkylation sites (tertiary alicyclic amines) is 1. The van der Waals surface area contributed by atoms with Crippen molar-refractivity contribution in [1.29, 1.82) is 0 Å². The number of amides is 1. The Morgan fingerprint density at radius 1 is 1.46 bits per heavy atom. The average molecular weight is 185 g/mol. The second-order valence-electron chi connectivity index (χ2n) is 3.35. The fourth-order valence-corrected chi connectivity index (χ4v) is 1.35. The van der Waals surface area contributed by atoms with Crippen LogP contribution in [0, 0.1) is 0 Å². The van der Waals surface area contributed by atoms with E-state index in [0.29, 0.717) is 32.5 Å². The summed E-state index contributed by atoms with van der Waals surface area (Å²) in [5.74, 6) is -0.208. The predicted octanol–water partition coefficient (Wildman–Crippen LogP) is -1.54. The van der Waals surface area contributed by atoms with Crippen LogP contribution in [0.5, 0.6) is 0 Å². The standard InChI is InChI=1S/C8H15N3O2/c9-7(8(10)13)5-11-3-1-6(12)2-4-11/h7H,1-5,9H2,(H2,10,13). The molecule has 5 nitrogen and oxygen atoms in total. The molecule has 1 unspecified atom stereocenters. The monoisotopic (exact) mass is 185 g/mol. The van der Waals surface area contributed by atoms with Crippen LogP contribution in [0.2, 0.25) is 0 Å². The molecule has 13 heavy (non-hydrogen) atoms. The normalized spacial score (nSPS) is 21.5. The van der Waals surface area contributed by atoms with Crippen molar-refractivity contribution in [2.24, 2.45) is 11.5 Å². The smallest absolute Gasteiger partial charge is 0.235 e.